The van der Waals surface area contributed by atoms with Crippen LogP contribution in [-0.4, -0.2) is 70.2 Å². The summed E-state index contributed by atoms with van der Waals surface area (Å²) < 4.78 is 76.0. The number of nitrogens with zero attached hydrogens (tertiary/aromatic N) is 2. The lowest BCUT2D eigenvalue weighted by molar-refractivity contribution is -0.137. The first-order valence-electron chi connectivity index (χ1n) is 19.0. The molecule has 0 aromatic heterocycles. The fourth-order valence-corrected chi connectivity index (χ4v) is 8.80. The van der Waals surface area contributed by atoms with Gasteiger partial charge in [0.05, 0.1) is 17.1 Å². The van der Waals surface area contributed by atoms with Gasteiger partial charge in [0.25, 0.3) is 21.8 Å². The van der Waals surface area contributed by atoms with E-state index in [0.29, 0.717) is 50.2 Å². The second kappa shape index (κ2) is 17.9. The fourth-order valence-electron chi connectivity index (χ4n) is 7.01. The molecule has 304 valence electrons. The number of amides is 2. The number of thioether (sulfide) groups is 1. The average molecular weight is 839 g/mol. The van der Waals surface area contributed by atoms with E-state index in [1.54, 1.807) is 12.1 Å². The molecule has 1 saturated heterocycles. The highest BCUT2D eigenvalue weighted by molar-refractivity contribution is 7.99. The fraction of sp³-hybridized carbons (Fsp3) is 0.200. The molecule has 1 heterocycles. The number of benzene rings is 6. The number of rotatable bonds is 13. The molecule has 0 unspecified atom stereocenters. The largest absolute Gasteiger partial charge is 0.494 e. The molecular formula is C45H41F3N4O5S2. The van der Waals surface area contributed by atoms with E-state index in [2.05, 4.69) is 10.2 Å². The quantitative estimate of drug-likeness (QED) is 0.0877. The summed E-state index contributed by atoms with van der Waals surface area (Å²) in [5, 5.41) is 4.57. The standard InChI is InChI=1S/C45H41F3N4O5S2/c1-2-57-34-10-8-9-32(29-34)37-20-21-40(39-14-7-6-13-38(37)39)44(54)52-26-24-51(25-27-52)33-17-15-31(16-18-33)43(53)50-59(55,56)36-19-22-42(41(30-36)45(46,47)48)49-23-28-58-35-11-4-3-5-12-35/h3-22,29-30,49H,2,23-28H2,1H3,(H,50,53). The number of nitrogens with one attached hydrogen (secondary N) is 2. The molecule has 0 saturated carbocycles. The molecule has 0 radical (unpaired) electrons. The van der Waals surface area contributed by atoms with Crippen molar-refractivity contribution in [3.05, 3.63) is 150 Å². The van der Waals surface area contributed by atoms with Crippen LogP contribution in [0, 0.1) is 0 Å². The molecular weight excluding hydrogens is 798 g/mol. The van der Waals surface area contributed by atoms with Crippen molar-refractivity contribution in [2.45, 2.75) is 22.9 Å². The van der Waals surface area contributed by atoms with Gasteiger partial charge in [-0.3, -0.25) is 9.59 Å². The van der Waals surface area contributed by atoms with Crippen LogP contribution in [0.1, 0.15) is 33.2 Å². The minimum absolute atomic E-state index is 0.0105. The lowest BCUT2D eigenvalue weighted by atomic mass is 9.94. The van der Waals surface area contributed by atoms with Crippen LogP contribution in [0.5, 0.6) is 5.75 Å². The number of ether oxygens (including phenoxy) is 1. The van der Waals surface area contributed by atoms with Gasteiger partial charge in [0, 0.05) is 65.9 Å². The molecule has 0 spiro atoms. The Morgan fingerprint density at radius 2 is 1.49 bits per heavy atom. The minimum Gasteiger partial charge on any atom is -0.494 e. The van der Waals surface area contributed by atoms with Crippen molar-refractivity contribution in [3.63, 3.8) is 0 Å². The molecule has 0 aliphatic carbocycles. The predicted molar refractivity (Wildman–Crippen MR) is 227 cm³/mol. The summed E-state index contributed by atoms with van der Waals surface area (Å²) in [6.45, 7) is 4.64. The van der Waals surface area contributed by atoms with Gasteiger partial charge in [-0.15, -0.1) is 11.8 Å². The molecule has 7 rings (SSSR count). The summed E-state index contributed by atoms with van der Waals surface area (Å²) in [5.74, 6) is 0.196. The van der Waals surface area contributed by atoms with Crippen molar-refractivity contribution in [2.75, 3.05) is 55.3 Å². The highest BCUT2D eigenvalue weighted by Gasteiger charge is 2.35. The zero-order chi connectivity index (χ0) is 41.6. The maximum absolute atomic E-state index is 14.0. The Labute approximate surface area is 345 Å². The Hall–Kier alpha value is -5.99. The maximum atomic E-state index is 14.0. The van der Waals surface area contributed by atoms with Crippen LogP contribution in [-0.2, 0) is 16.2 Å². The zero-order valence-electron chi connectivity index (χ0n) is 32.0. The summed E-state index contributed by atoms with van der Waals surface area (Å²) in [6.07, 6.45) is -4.85. The normalized spacial score (nSPS) is 13.3. The van der Waals surface area contributed by atoms with Crippen molar-refractivity contribution >= 4 is 55.7 Å². The number of hydrogen-bond acceptors (Lipinski definition) is 8. The summed E-state index contributed by atoms with van der Waals surface area (Å²) in [5.41, 5.74) is 1.96. The van der Waals surface area contributed by atoms with Crippen LogP contribution in [0.15, 0.2) is 143 Å². The van der Waals surface area contributed by atoms with E-state index in [9.17, 15) is 31.2 Å². The van der Waals surface area contributed by atoms with Crippen LogP contribution >= 0.6 is 11.8 Å². The van der Waals surface area contributed by atoms with Gasteiger partial charge >= 0.3 is 6.18 Å². The third kappa shape index (κ3) is 9.67. The monoisotopic (exact) mass is 838 g/mol. The minimum atomic E-state index is -4.85. The number of carbonyl (C=O) groups excluding carboxylic acids is 2. The first-order valence-corrected chi connectivity index (χ1v) is 21.5. The first-order chi connectivity index (χ1) is 28.4. The smallest absolute Gasteiger partial charge is 0.418 e. The molecule has 6 aromatic rings. The number of anilines is 2. The van der Waals surface area contributed by atoms with Gasteiger partial charge in [0.1, 0.15) is 5.75 Å². The van der Waals surface area contributed by atoms with Gasteiger partial charge in [-0.05, 0) is 102 Å². The molecule has 59 heavy (non-hydrogen) atoms. The lowest BCUT2D eigenvalue weighted by Crippen LogP contribution is -2.48. The van der Waals surface area contributed by atoms with E-state index in [1.807, 2.05) is 108 Å². The number of alkyl halides is 3. The summed E-state index contributed by atoms with van der Waals surface area (Å²) in [7, 11) is -4.66. The SMILES string of the molecule is CCOc1cccc(-c2ccc(C(=O)N3CCN(c4ccc(C(=O)NS(=O)(=O)c5ccc(NCCSc6ccccc6)c(C(F)(F)F)c5)cc4)CC3)c3ccccc23)c1. The second-order valence-corrected chi connectivity index (χ2v) is 16.6. The number of sulfonamides is 1. The molecule has 1 aliphatic rings. The van der Waals surface area contributed by atoms with E-state index < -0.39 is 32.6 Å². The Balaban J connectivity index is 0.966. The van der Waals surface area contributed by atoms with Gasteiger partial charge in [-0.25, -0.2) is 13.1 Å². The van der Waals surface area contributed by atoms with Crippen LogP contribution in [0.4, 0.5) is 24.5 Å². The molecule has 2 amide bonds. The molecule has 0 bridgehead atoms. The molecule has 2 N–H and O–H groups in total. The topological polar surface area (TPSA) is 108 Å². The van der Waals surface area contributed by atoms with Crippen LogP contribution in [0.2, 0.25) is 0 Å². The van der Waals surface area contributed by atoms with E-state index >= 15 is 0 Å². The highest BCUT2D eigenvalue weighted by Crippen LogP contribution is 2.37. The van der Waals surface area contributed by atoms with Gasteiger partial charge in [-0.2, -0.15) is 13.2 Å². The third-order valence-corrected chi connectivity index (χ3v) is 12.3. The maximum Gasteiger partial charge on any atom is 0.418 e. The Kier molecular flexibility index (Phi) is 12.5. The van der Waals surface area contributed by atoms with E-state index in [-0.39, 0.29) is 23.7 Å². The summed E-state index contributed by atoms with van der Waals surface area (Å²) >= 11 is 1.47. The number of piperazine rings is 1. The van der Waals surface area contributed by atoms with Crippen LogP contribution < -0.4 is 19.7 Å². The highest BCUT2D eigenvalue weighted by atomic mass is 32.2. The van der Waals surface area contributed by atoms with Gasteiger partial charge in [0.2, 0.25) is 0 Å². The Morgan fingerprint density at radius 3 is 2.20 bits per heavy atom. The zero-order valence-corrected chi connectivity index (χ0v) is 33.7. The summed E-state index contributed by atoms with van der Waals surface area (Å²) in [6, 6.07) is 37.9. The second-order valence-electron chi connectivity index (χ2n) is 13.7. The van der Waals surface area contributed by atoms with Crippen molar-refractivity contribution in [1.29, 1.82) is 0 Å². The van der Waals surface area contributed by atoms with E-state index in [4.69, 9.17) is 4.74 Å². The Bertz CT molecular complexity index is 2560. The van der Waals surface area contributed by atoms with Crippen molar-refractivity contribution in [2.24, 2.45) is 0 Å². The lowest BCUT2D eigenvalue weighted by Gasteiger charge is -2.36. The number of fused-ring (bicyclic) bond motifs is 1. The molecule has 1 aliphatic heterocycles. The van der Waals surface area contributed by atoms with Crippen molar-refractivity contribution < 1.29 is 35.9 Å². The molecule has 1 fully saturated rings. The van der Waals surface area contributed by atoms with Gasteiger partial charge in [-0.1, -0.05) is 60.7 Å². The van der Waals surface area contributed by atoms with E-state index in [0.717, 1.165) is 50.4 Å². The van der Waals surface area contributed by atoms with Gasteiger partial charge in [0.15, 0.2) is 0 Å². The van der Waals surface area contributed by atoms with Crippen LogP contribution in [0.25, 0.3) is 21.9 Å². The van der Waals surface area contributed by atoms with Crippen LogP contribution in [0.3, 0.4) is 0 Å². The molecule has 14 heteroatoms. The molecule has 0 atom stereocenters. The summed E-state index contributed by atoms with van der Waals surface area (Å²) in [4.78, 5) is 31.1. The van der Waals surface area contributed by atoms with Crippen molar-refractivity contribution in [1.82, 2.24) is 9.62 Å². The molecule has 9 nitrogen and oxygen atoms in total. The van der Waals surface area contributed by atoms with E-state index in [1.165, 1.54) is 23.9 Å². The van der Waals surface area contributed by atoms with Crippen molar-refractivity contribution in [3.8, 4) is 16.9 Å². The first kappa shape index (κ1) is 41.2. The predicted octanol–water partition coefficient (Wildman–Crippen LogP) is 9.21. The Morgan fingerprint density at radius 1 is 0.780 bits per heavy atom. The number of halogens is 3. The average Bonchev–Trinajstić information content (AvgIpc) is 3.25. The molecule has 6 aromatic carbocycles. The third-order valence-electron chi connectivity index (χ3n) is 9.94. The number of hydrogen-bond donors (Lipinski definition) is 2. The number of carbonyl (C=O) groups is 2. The van der Waals surface area contributed by atoms with Gasteiger partial charge < -0.3 is 19.9 Å².